The topological polar surface area (TPSA) is 73.0 Å². The molecule has 1 aliphatic heterocycles. The Morgan fingerprint density at radius 3 is 2.14 bits per heavy atom. The van der Waals surface area contributed by atoms with Crippen LogP contribution in [0.3, 0.4) is 0 Å². The molecule has 1 fully saturated rings. The number of epoxide rings is 1. The number of ketones is 2. The summed E-state index contributed by atoms with van der Waals surface area (Å²) in [6.07, 6.45) is 2.17. The third-order valence-corrected chi connectivity index (χ3v) is 5.53. The van der Waals surface area contributed by atoms with Gasteiger partial charge >= 0.3 is 5.97 Å². The van der Waals surface area contributed by atoms with Crippen molar-refractivity contribution in [1.29, 1.82) is 0 Å². The average Bonchev–Trinajstić information content (AvgIpc) is 3.40. The van der Waals surface area contributed by atoms with Gasteiger partial charge in [-0.25, -0.2) is 4.79 Å². The molecule has 2 aliphatic rings. The van der Waals surface area contributed by atoms with E-state index < -0.39 is 23.0 Å². The first kappa shape index (κ1) is 18.6. The van der Waals surface area contributed by atoms with Gasteiger partial charge in [0.1, 0.15) is 0 Å². The van der Waals surface area contributed by atoms with Gasteiger partial charge in [-0.1, -0.05) is 61.9 Å². The van der Waals surface area contributed by atoms with Crippen molar-refractivity contribution in [2.75, 3.05) is 6.61 Å². The molecule has 2 unspecified atom stereocenters. The van der Waals surface area contributed by atoms with Crippen LogP contribution >= 0.6 is 0 Å². The molecule has 5 nitrogen and oxygen atoms in total. The number of ether oxygens (including phenoxy) is 2. The molecule has 2 aromatic carbocycles. The molecule has 5 heteroatoms. The number of benzene rings is 2. The van der Waals surface area contributed by atoms with Gasteiger partial charge in [0.2, 0.25) is 5.78 Å². The summed E-state index contributed by atoms with van der Waals surface area (Å²) in [5.74, 6) is -1.62. The molecular formula is C23H22O5. The molecule has 0 saturated carbocycles. The number of Topliss-reactive ketones (excluding diaryl/α,β-unsaturated/α-hetero) is 2. The van der Waals surface area contributed by atoms with Crippen molar-refractivity contribution in [2.24, 2.45) is 0 Å². The number of hydrogen-bond acceptors (Lipinski definition) is 5. The Morgan fingerprint density at radius 1 is 0.929 bits per heavy atom. The van der Waals surface area contributed by atoms with Crippen molar-refractivity contribution in [3.05, 3.63) is 70.8 Å². The highest BCUT2D eigenvalue weighted by Gasteiger charge is 2.85. The van der Waals surface area contributed by atoms with Gasteiger partial charge in [-0.15, -0.1) is 0 Å². The molecule has 0 spiro atoms. The predicted octanol–water partition coefficient (Wildman–Crippen LogP) is 3.33. The molecule has 28 heavy (non-hydrogen) atoms. The zero-order valence-electron chi connectivity index (χ0n) is 16.0. The van der Waals surface area contributed by atoms with Crippen molar-refractivity contribution >= 4 is 17.5 Å². The van der Waals surface area contributed by atoms with E-state index in [1.54, 1.807) is 31.2 Å². The summed E-state index contributed by atoms with van der Waals surface area (Å²) in [6.45, 7) is 3.88. The number of carbonyl (C=O) groups is 3. The van der Waals surface area contributed by atoms with Gasteiger partial charge in [-0.3, -0.25) is 9.59 Å². The summed E-state index contributed by atoms with van der Waals surface area (Å²) in [7, 11) is 0. The Kier molecular flexibility index (Phi) is 4.42. The van der Waals surface area contributed by atoms with E-state index in [0.717, 1.165) is 18.4 Å². The minimum Gasteiger partial charge on any atom is -0.463 e. The molecule has 0 aromatic heterocycles. The lowest BCUT2D eigenvalue weighted by Crippen LogP contribution is -2.51. The fourth-order valence-corrected chi connectivity index (χ4v) is 4.13. The van der Waals surface area contributed by atoms with E-state index in [9.17, 15) is 14.4 Å². The van der Waals surface area contributed by atoms with Crippen molar-refractivity contribution < 1.29 is 23.9 Å². The highest BCUT2D eigenvalue weighted by Crippen LogP contribution is 2.57. The van der Waals surface area contributed by atoms with Gasteiger partial charge in [-0.2, -0.15) is 0 Å². The van der Waals surface area contributed by atoms with Crippen LogP contribution in [0, 0.1) is 0 Å². The van der Waals surface area contributed by atoms with E-state index in [-0.39, 0.29) is 24.4 Å². The lowest BCUT2D eigenvalue weighted by molar-refractivity contribution is -0.147. The second kappa shape index (κ2) is 6.67. The number of rotatable bonds is 6. The van der Waals surface area contributed by atoms with Gasteiger partial charge in [0.15, 0.2) is 11.4 Å². The minimum atomic E-state index is -1.88. The SMILES string of the molecule is CCCc1ccc(CC23OC2(C(=O)OCC)C(=O)c2ccccc2C3=O)cc1. The molecule has 0 amide bonds. The quantitative estimate of drug-likeness (QED) is 0.438. The van der Waals surface area contributed by atoms with Crippen LogP contribution in [0.1, 0.15) is 52.1 Å². The van der Waals surface area contributed by atoms with E-state index >= 15 is 0 Å². The lowest BCUT2D eigenvalue weighted by atomic mass is 9.71. The van der Waals surface area contributed by atoms with Crippen molar-refractivity contribution in [3.8, 4) is 0 Å². The molecule has 1 heterocycles. The third kappa shape index (κ3) is 2.46. The summed E-state index contributed by atoms with van der Waals surface area (Å²) >= 11 is 0. The van der Waals surface area contributed by atoms with Crippen molar-refractivity contribution in [2.45, 2.75) is 44.3 Å². The van der Waals surface area contributed by atoms with Crippen LogP contribution in [0.5, 0.6) is 0 Å². The van der Waals surface area contributed by atoms with Gasteiger partial charge in [0.25, 0.3) is 5.60 Å². The molecule has 0 bridgehead atoms. The summed E-state index contributed by atoms with van der Waals surface area (Å²) in [5, 5.41) is 0. The average molecular weight is 378 g/mol. The normalized spacial score (nSPS) is 25.1. The van der Waals surface area contributed by atoms with Crippen LogP contribution in [0.15, 0.2) is 48.5 Å². The second-order valence-corrected chi connectivity index (χ2v) is 7.28. The Balaban J connectivity index is 1.76. The zero-order chi connectivity index (χ0) is 19.9. The van der Waals surface area contributed by atoms with Crippen LogP contribution in [0.2, 0.25) is 0 Å². The first-order chi connectivity index (χ1) is 13.5. The summed E-state index contributed by atoms with van der Waals surface area (Å²) in [6, 6.07) is 14.4. The molecule has 0 N–H and O–H groups in total. The number of carbonyl (C=O) groups excluding carboxylic acids is 3. The van der Waals surface area contributed by atoms with Crippen LogP contribution in [-0.2, 0) is 27.1 Å². The van der Waals surface area contributed by atoms with E-state index in [2.05, 4.69) is 6.92 Å². The molecule has 2 atom stereocenters. The third-order valence-electron chi connectivity index (χ3n) is 5.53. The summed E-state index contributed by atoms with van der Waals surface area (Å²) in [4.78, 5) is 39.3. The Labute approximate surface area is 163 Å². The number of esters is 1. The van der Waals surface area contributed by atoms with Crippen molar-refractivity contribution in [3.63, 3.8) is 0 Å². The first-order valence-corrected chi connectivity index (χ1v) is 9.64. The maximum atomic E-state index is 13.3. The molecule has 2 aromatic rings. The molecule has 144 valence electrons. The van der Waals surface area contributed by atoms with E-state index in [1.165, 1.54) is 5.56 Å². The van der Waals surface area contributed by atoms with Crippen molar-refractivity contribution in [1.82, 2.24) is 0 Å². The molecule has 1 saturated heterocycles. The smallest absolute Gasteiger partial charge is 0.350 e. The van der Waals surface area contributed by atoms with Crippen LogP contribution in [0.25, 0.3) is 0 Å². The van der Waals surface area contributed by atoms with E-state index in [0.29, 0.717) is 5.56 Å². The highest BCUT2D eigenvalue weighted by molar-refractivity contribution is 6.32. The second-order valence-electron chi connectivity index (χ2n) is 7.28. The predicted molar refractivity (Wildman–Crippen MR) is 102 cm³/mol. The Hall–Kier alpha value is -2.79. The first-order valence-electron chi connectivity index (χ1n) is 9.64. The highest BCUT2D eigenvalue weighted by atomic mass is 16.7. The Morgan fingerprint density at radius 2 is 1.54 bits per heavy atom. The number of fused-ring (bicyclic) bond motifs is 2. The monoisotopic (exact) mass is 378 g/mol. The fourth-order valence-electron chi connectivity index (χ4n) is 4.13. The molecular weight excluding hydrogens is 356 g/mol. The Bertz CT molecular complexity index is 961. The maximum absolute atomic E-state index is 13.3. The zero-order valence-corrected chi connectivity index (χ0v) is 16.0. The summed E-state index contributed by atoms with van der Waals surface area (Å²) < 4.78 is 10.9. The molecule has 1 aliphatic carbocycles. The van der Waals surface area contributed by atoms with Crippen LogP contribution in [-0.4, -0.2) is 35.3 Å². The van der Waals surface area contributed by atoms with Gasteiger partial charge in [0, 0.05) is 17.5 Å². The van der Waals surface area contributed by atoms with E-state index in [1.807, 2.05) is 24.3 Å². The van der Waals surface area contributed by atoms with Gasteiger partial charge < -0.3 is 9.47 Å². The van der Waals surface area contributed by atoms with Crippen LogP contribution < -0.4 is 0 Å². The summed E-state index contributed by atoms with van der Waals surface area (Å²) in [5.41, 5.74) is -0.854. The lowest BCUT2D eigenvalue weighted by Gasteiger charge is -2.23. The largest absolute Gasteiger partial charge is 0.463 e. The molecule has 0 radical (unpaired) electrons. The minimum absolute atomic E-state index is 0.106. The van der Waals surface area contributed by atoms with E-state index in [4.69, 9.17) is 9.47 Å². The van der Waals surface area contributed by atoms with Gasteiger partial charge in [0.05, 0.1) is 6.61 Å². The standard InChI is InChI=1S/C23H22O5/c1-3-7-15-10-12-16(13-11-15)14-22-19(24)17-8-5-6-9-18(17)20(25)23(22,28-22)21(26)27-4-2/h5-6,8-13H,3-4,7,14H2,1-2H3. The number of hydrogen-bond donors (Lipinski definition) is 0. The van der Waals surface area contributed by atoms with Gasteiger partial charge in [-0.05, 0) is 24.5 Å². The maximum Gasteiger partial charge on any atom is 0.350 e. The molecule has 4 rings (SSSR count). The fraction of sp³-hybridized carbons (Fsp3) is 0.348. The van der Waals surface area contributed by atoms with Crippen LogP contribution in [0.4, 0.5) is 0 Å². The number of aryl methyl sites for hydroxylation is 1.